The molecule has 0 amide bonds. The third-order valence-corrected chi connectivity index (χ3v) is 7.92. The van der Waals surface area contributed by atoms with E-state index >= 15 is 0 Å². The fraction of sp³-hybridized carbons (Fsp3) is 0.379. The van der Waals surface area contributed by atoms with E-state index in [1.807, 2.05) is 6.20 Å². The lowest BCUT2D eigenvalue weighted by Crippen LogP contribution is -2.32. The molecule has 0 N–H and O–H groups in total. The lowest BCUT2D eigenvalue weighted by molar-refractivity contribution is -0.660. The zero-order valence-corrected chi connectivity index (χ0v) is 19.5. The van der Waals surface area contributed by atoms with Crippen LogP contribution in [-0.4, -0.2) is 9.55 Å². The number of hydrogen-bond donors (Lipinski definition) is 0. The van der Waals surface area contributed by atoms with E-state index in [2.05, 4.69) is 77.7 Å². The number of aryl methyl sites for hydroxylation is 3. The number of hydrogen-bond acceptors (Lipinski definition) is 1. The number of imidazole rings is 1. The molecule has 0 unspecified atom stereocenters. The Labute approximate surface area is 190 Å². The summed E-state index contributed by atoms with van der Waals surface area (Å²) in [7, 11) is 2.21. The van der Waals surface area contributed by atoms with Gasteiger partial charge in [0.05, 0.1) is 11.3 Å². The van der Waals surface area contributed by atoms with Gasteiger partial charge in [0.15, 0.2) is 6.20 Å². The largest absolute Gasteiger partial charge is 0.303 e. The molecule has 162 valence electrons. The molecule has 6 rings (SSSR count). The summed E-state index contributed by atoms with van der Waals surface area (Å²) in [6.07, 6.45) is 15.5. The third kappa shape index (κ3) is 3.02. The van der Waals surface area contributed by atoms with Gasteiger partial charge < -0.3 is 4.57 Å². The van der Waals surface area contributed by atoms with E-state index in [0.717, 1.165) is 18.2 Å². The minimum absolute atomic E-state index is 0.844. The zero-order valence-electron chi connectivity index (χ0n) is 19.5. The molecule has 2 aromatic carbocycles. The third-order valence-electron chi connectivity index (χ3n) is 7.92. The maximum absolute atomic E-state index is 4.67. The number of aromatic nitrogens is 3. The quantitative estimate of drug-likeness (QED) is 0.319. The van der Waals surface area contributed by atoms with Crippen molar-refractivity contribution in [1.82, 2.24) is 9.55 Å². The lowest BCUT2D eigenvalue weighted by Gasteiger charge is -2.22. The average molecular weight is 423 g/mol. The van der Waals surface area contributed by atoms with Crippen molar-refractivity contribution in [2.75, 3.05) is 0 Å². The van der Waals surface area contributed by atoms with Gasteiger partial charge in [-0.05, 0) is 48.3 Å². The van der Waals surface area contributed by atoms with E-state index in [1.165, 1.54) is 88.5 Å². The van der Waals surface area contributed by atoms with Crippen LogP contribution in [0.25, 0.3) is 27.7 Å². The molecule has 4 aromatic rings. The summed E-state index contributed by atoms with van der Waals surface area (Å²) in [4.78, 5) is 4.67. The van der Waals surface area contributed by atoms with Crippen molar-refractivity contribution in [3.8, 4) is 16.9 Å². The molecule has 3 heterocycles. The number of nitrogens with zero attached hydrogens (tertiary/aromatic N) is 3. The maximum atomic E-state index is 4.67. The Kier molecular flexibility index (Phi) is 4.67. The van der Waals surface area contributed by atoms with Crippen LogP contribution >= 0.6 is 0 Å². The number of fused-ring (bicyclic) bond motifs is 5. The molecule has 1 saturated carbocycles. The van der Waals surface area contributed by atoms with E-state index in [-0.39, 0.29) is 0 Å². The highest BCUT2D eigenvalue weighted by molar-refractivity contribution is 6.00. The molecule has 32 heavy (non-hydrogen) atoms. The fourth-order valence-electron chi connectivity index (χ4n) is 6.27. The molecule has 0 bridgehead atoms. The Hall–Kier alpha value is -2.94. The van der Waals surface area contributed by atoms with Crippen LogP contribution in [-0.2, 0) is 19.9 Å². The molecule has 0 atom stereocenters. The molecule has 2 aliphatic rings. The van der Waals surface area contributed by atoms with E-state index in [9.17, 15) is 0 Å². The van der Waals surface area contributed by atoms with E-state index in [4.69, 9.17) is 0 Å². The average Bonchev–Trinajstić information content (AvgIpc) is 3.39. The summed E-state index contributed by atoms with van der Waals surface area (Å²) in [6, 6.07) is 11.4. The molecular weight excluding hydrogens is 390 g/mol. The van der Waals surface area contributed by atoms with Crippen molar-refractivity contribution in [1.29, 1.82) is 0 Å². The van der Waals surface area contributed by atoms with Gasteiger partial charge in [-0.1, -0.05) is 56.4 Å². The SMILES string of the molecule is Cc1c[n+](C)c(-c2c3c(c4ccccc4c2C)-n2ccnc2C3)cc1CC1CCCCC1. The predicted octanol–water partition coefficient (Wildman–Crippen LogP) is 6.16. The molecule has 0 spiro atoms. The van der Waals surface area contributed by atoms with Crippen LogP contribution in [0, 0.1) is 19.8 Å². The van der Waals surface area contributed by atoms with E-state index in [1.54, 1.807) is 0 Å². The van der Waals surface area contributed by atoms with Crippen LogP contribution in [0.2, 0.25) is 0 Å². The van der Waals surface area contributed by atoms with Gasteiger partial charge in [-0.2, -0.15) is 0 Å². The highest BCUT2D eigenvalue weighted by Crippen LogP contribution is 2.42. The Morgan fingerprint density at radius 3 is 2.66 bits per heavy atom. The molecule has 1 fully saturated rings. The van der Waals surface area contributed by atoms with Gasteiger partial charge in [0.2, 0.25) is 5.69 Å². The van der Waals surface area contributed by atoms with Crippen LogP contribution in [0.4, 0.5) is 0 Å². The fourth-order valence-corrected chi connectivity index (χ4v) is 6.27. The standard InChI is InChI=1S/C29H32N3/c1-19-18-31(3)26(16-22(19)15-21-9-5-4-6-10-21)28-20(2)23-11-7-8-12-24(23)29-25(28)17-27-30-13-14-32(27)29/h7-8,11-14,16,18,21H,4-6,9-10,15,17H2,1-3H3/q+1. The van der Waals surface area contributed by atoms with Gasteiger partial charge in [-0.15, -0.1) is 0 Å². The molecular formula is C29H32N3+. The van der Waals surface area contributed by atoms with Gasteiger partial charge in [-0.25, -0.2) is 9.55 Å². The first-order valence-electron chi connectivity index (χ1n) is 12.2. The summed E-state index contributed by atoms with van der Waals surface area (Å²) in [5.41, 5.74) is 9.82. The minimum Gasteiger partial charge on any atom is -0.303 e. The van der Waals surface area contributed by atoms with Crippen LogP contribution in [0.1, 0.15) is 60.2 Å². The highest BCUT2D eigenvalue weighted by Gasteiger charge is 2.30. The number of benzene rings is 2. The summed E-state index contributed by atoms with van der Waals surface area (Å²) in [5, 5.41) is 2.68. The zero-order chi connectivity index (χ0) is 21.8. The first kappa shape index (κ1) is 19.7. The number of pyridine rings is 1. The Bertz CT molecular complexity index is 1340. The Morgan fingerprint density at radius 2 is 1.84 bits per heavy atom. The van der Waals surface area contributed by atoms with Gasteiger partial charge in [0.1, 0.15) is 12.9 Å². The first-order chi connectivity index (χ1) is 15.6. The van der Waals surface area contributed by atoms with Crippen LogP contribution in [0.5, 0.6) is 0 Å². The van der Waals surface area contributed by atoms with Gasteiger partial charge in [0.25, 0.3) is 0 Å². The topological polar surface area (TPSA) is 21.7 Å². The summed E-state index contributed by atoms with van der Waals surface area (Å²) < 4.78 is 4.65. The van der Waals surface area contributed by atoms with Crippen molar-refractivity contribution < 1.29 is 4.57 Å². The minimum atomic E-state index is 0.844. The van der Waals surface area contributed by atoms with E-state index < -0.39 is 0 Å². The Balaban J connectivity index is 1.57. The van der Waals surface area contributed by atoms with Crippen molar-refractivity contribution >= 4 is 10.8 Å². The first-order valence-corrected chi connectivity index (χ1v) is 12.2. The van der Waals surface area contributed by atoms with Crippen molar-refractivity contribution in [2.45, 2.75) is 58.8 Å². The molecule has 1 aliphatic heterocycles. The van der Waals surface area contributed by atoms with Crippen molar-refractivity contribution in [2.24, 2.45) is 13.0 Å². The molecule has 3 nitrogen and oxygen atoms in total. The maximum Gasteiger partial charge on any atom is 0.213 e. The van der Waals surface area contributed by atoms with Crippen molar-refractivity contribution in [3.63, 3.8) is 0 Å². The second-order valence-electron chi connectivity index (χ2n) is 9.95. The normalized spacial score (nSPS) is 15.8. The molecule has 1 aliphatic carbocycles. The predicted molar refractivity (Wildman–Crippen MR) is 130 cm³/mol. The highest BCUT2D eigenvalue weighted by atomic mass is 15.1. The van der Waals surface area contributed by atoms with E-state index in [0.29, 0.717) is 0 Å². The Morgan fingerprint density at radius 1 is 1.06 bits per heavy atom. The summed E-state index contributed by atoms with van der Waals surface area (Å²) >= 11 is 0. The summed E-state index contributed by atoms with van der Waals surface area (Å²) in [6.45, 7) is 4.59. The smallest absolute Gasteiger partial charge is 0.213 e. The van der Waals surface area contributed by atoms with Gasteiger partial charge >= 0.3 is 0 Å². The molecule has 0 saturated heterocycles. The monoisotopic (exact) mass is 422 g/mol. The lowest BCUT2D eigenvalue weighted by atomic mass is 9.83. The molecule has 0 radical (unpaired) electrons. The summed E-state index contributed by atoms with van der Waals surface area (Å²) in [5.74, 6) is 1.99. The number of rotatable bonds is 3. The van der Waals surface area contributed by atoms with Gasteiger partial charge in [0, 0.05) is 35.8 Å². The molecule has 2 aromatic heterocycles. The van der Waals surface area contributed by atoms with Gasteiger partial charge in [-0.3, -0.25) is 0 Å². The van der Waals surface area contributed by atoms with Crippen molar-refractivity contribution in [3.05, 3.63) is 77.0 Å². The molecule has 3 heteroatoms. The van der Waals surface area contributed by atoms with Crippen LogP contribution in [0.3, 0.4) is 0 Å². The second kappa shape index (κ2) is 7.58. The van der Waals surface area contributed by atoms with Crippen LogP contribution < -0.4 is 4.57 Å². The van der Waals surface area contributed by atoms with Crippen LogP contribution in [0.15, 0.2) is 48.9 Å². The second-order valence-corrected chi connectivity index (χ2v) is 9.95.